The maximum Gasteiger partial charge on any atom is 0.271 e. The maximum absolute atomic E-state index is 12.8. The highest BCUT2D eigenvalue weighted by molar-refractivity contribution is 9.10. The van der Waals surface area contributed by atoms with E-state index in [1.54, 1.807) is 0 Å². The topological polar surface area (TPSA) is 25.2 Å². The molecule has 0 aliphatic carbocycles. The Hall–Kier alpha value is -1.26. The first kappa shape index (κ1) is 14.7. The Kier molecular flexibility index (Phi) is 4.09. The normalized spacial score (nSPS) is 18.2. The summed E-state index contributed by atoms with van der Waals surface area (Å²) in [5, 5.41) is 0.732. The van der Waals surface area contributed by atoms with Gasteiger partial charge in [0.25, 0.3) is 5.91 Å². The first-order valence-electron chi connectivity index (χ1n) is 6.95. The fraction of sp³-hybridized carbons (Fsp3) is 0.312. The quantitative estimate of drug-likeness (QED) is 0.771. The van der Waals surface area contributed by atoms with E-state index in [0.29, 0.717) is 5.69 Å². The molecule has 0 saturated carbocycles. The second-order valence-electron chi connectivity index (χ2n) is 5.33. The van der Waals surface area contributed by atoms with Gasteiger partial charge in [-0.2, -0.15) is 0 Å². The Balaban J connectivity index is 1.93. The van der Waals surface area contributed by atoms with Crippen LogP contribution in [0.1, 0.15) is 34.9 Å². The van der Waals surface area contributed by atoms with E-state index in [0.717, 1.165) is 34.4 Å². The Labute approximate surface area is 137 Å². The van der Waals surface area contributed by atoms with Crippen LogP contribution in [0.4, 0.5) is 0 Å². The first-order valence-corrected chi connectivity index (χ1v) is 8.12. The minimum atomic E-state index is 0.0608. The van der Waals surface area contributed by atoms with Gasteiger partial charge in [-0.25, -0.2) is 0 Å². The monoisotopic (exact) mass is 366 g/mol. The van der Waals surface area contributed by atoms with E-state index >= 15 is 0 Å². The van der Waals surface area contributed by atoms with Crippen molar-refractivity contribution < 1.29 is 4.79 Å². The molecule has 3 rings (SSSR count). The van der Waals surface area contributed by atoms with Crippen LogP contribution in [0.15, 0.2) is 41.0 Å². The molecule has 1 unspecified atom stereocenters. The average Bonchev–Trinajstić information content (AvgIpc) is 3.05. The van der Waals surface area contributed by atoms with Gasteiger partial charge < -0.3 is 9.47 Å². The SMILES string of the molecule is Cn1cc(Br)cc1C(=O)N1CCCC1c1ccccc1Cl. The van der Waals surface area contributed by atoms with Crippen molar-refractivity contribution in [2.45, 2.75) is 18.9 Å². The Morgan fingerprint density at radius 3 is 2.81 bits per heavy atom. The number of amides is 1. The van der Waals surface area contributed by atoms with E-state index in [9.17, 15) is 4.79 Å². The molecule has 0 spiro atoms. The van der Waals surface area contributed by atoms with Crippen molar-refractivity contribution in [1.29, 1.82) is 0 Å². The van der Waals surface area contributed by atoms with Crippen LogP contribution in [0, 0.1) is 0 Å². The Bertz CT molecular complexity index is 683. The van der Waals surface area contributed by atoms with Gasteiger partial charge in [-0.3, -0.25) is 4.79 Å². The minimum Gasteiger partial charge on any atom is -0.345 e. The standard InChI is InChI=1S/C16H16BrClN2O/c1-19-10-11(17)9-15(19)16(21)20-8-4-7-14(20)12-5-2-3-6-13(12)18/h2-3,5-6,9-10,14H,4,7-8H2,1H3. The van der Waals surface area contributed by atoms with Crippen molar-refractivity contribution in [2.24, 2.45) is 7.05 Å². The third-order valence-electron chi connectivity index (χ3n) is 3.97. The number of nitrogens with zero attached hydrogens (tertiary/aromatic N) is 2. The van der Waals surface area contributed by atoms with E-state index in [1.165, 1.54) is 0 Å². The number of hydrogen-bond donors (Lipinski definition) is 0. The Morgan fingerprint density at radius 1 is 1.38 bits per heavy atom. The molecule has 5 heteroatoms. The molecular formula is C16H16BrClN2O. The summed E-state index contributed by atoms with van der Waals surface area (Å²) in [4.78, 5) is 14.8. The van der Waals surface area contributed by atoms with Crippen LogP contribution in [0.2, 0.25) is 5.02 Å². The molecule has 0 radical (unpaired) electrons. The van der Waals surface area contributed by atoms with E-state index < -0.39 is 0 Å². The van der Waals surface area contributed by atoms with Gasteiger partial charge in [0.1, 0.15) is 5.69 Å². The summed E-state index contributed by atoms with van der Waals surface area (Å²) in [6.45, 7) is 0.775. The van der Waals surface area contributed by atoms with Gasteiger partial charge >= 0.3 is 0 Å². The van der Waals surface area contributed by atoms with Crippen LogP contribution in [-0.4, -0.2) is 21.9 Å². The number of carbonyl (C=O) groups is 1. The van der Waals surface area contributed by atoms with Crippen LogP contribution in [0.3, 0.4) is 0 Å². The molecule has 0 N–H and O–H groups in total. The van der Waals surface area contributed by atoms with E-state index in [4.69, 9.17) is 11.6 Å². The highest BCUT2D eigenvalue weighted by Crippen LogP contribution is 2.36. The van der Waals surface area contributed by atoms with Crippen LogP contribution in [0.5, 0.6) is 0 Å². The van der Waals surface area contributed by atoms with Crippen molar-refractivity contribution in [2.75, 3.05) is 6.54 Å². The predicted molar refractivity (Wildman–Crippen MR) is 87.6 cm³/mol. The van der Waals surface area contributed by atoms with E-state index in [-0.39, 0.29) is 11.9 Å². The Morgan fingerprint density at radius 2 is 2.14 bits per heavy atom. The van der Waals surface area contributed by atoms with Gasteiger partial charge in [0.2, 0.25) is 0 Å². The third-order valence-corrected chi connectivity index (χ3v) is 4.75. The number of carbonyl (C=O) groups excluding carboxylic acids is 1. The zero-order chi connectivity index (χ0) is 15.0. The van der Waals surface area contributed by atoms with E-state index in [1.807, 2.05) is 53.0 Å². The lowest BCUT2D eigenvalue weighted by molar-refractivity contribution is 0.0726. The molecule has 1 aliphatic heterocycles. The molecule has 110 valence electrons. The molecule has 2 aromatic rings. The molecule has 2 heterocycles. The largest absolute Gasteiger partial charge is 0.345 e. The lowest BCUT2D eigenvalue weighted by Crippen LogP contribution is -2.31. The summed E-state index contributed by atoms with van der Waals surface area (Å²) in [6, 6.07) is 9.73. The molecule has 1 atom stereocenters. The van der Waals surface area contributed by atoms with Crippen molar-refractivity contribution in [3.63, 3.8) is 0 Å². The molecule has 1 aliphatic rings. The molecule has 21 heavy (non-hydrogen) atoms. The number of aryl methyl sites for hydroxylation is 1. The van der Waals surface area contributed by atoms with Crippen LogP contribution < -0.4 is 0 Å². The van der Waals surface area contributed by atoms with Gasteiger partial charge in [-0.15, -0.1) is 0 Å². The summed E-state index contributed by atoms with van der Waals surface area (Å²) in [7, 11) is 1.89. The highest BCUT2D eigenvalue weighted by atomic mass is 79.9. The summed E-state index contributed by atoms with van der Waals surface area (Å²) in [5.41, 5.74) is 1.74. The summed E-state index contributed by atoms with van der Waals surface area (Å²) < 4.78 is 2.77. The molecular weight excluding hydrogens is 352 g/mol. The molecule has 3 nitrogen and oxygen atoms in total. The average molecular weight is 368 g/mol. The zero-order valence-electron chi connectivity index (χ0n) is 11.7. The summed E-state index contributed by atoms with van der Waals surface area (Å²) in [6.07, 6.45) is 3.86. The zero-order valence-corrected chi connectivity index (χ0v) is 14.1. The van der Waals surface area contributed by atoms with Crippen molar-refractivity contribution in [1.82, 2.24) is 9.47 Å². The van der Waals surface area contributed by atoms with Gasteiger partial charge in [0, 0.05) is 29.3 Å². The third kappa shape index (κ3) is 2.74. The predicted octanol–water partition coefficient (Wildman–Crippen LogP) is 4.42. The number of likely N-dealkylation sites (tertiary alicyclic amines) is 1. The van der Waals surface area contributed by atoms with Crippen molar-refractivity contribution in [3.05, 3.63) is 57.3 Å². The lowest BCUT2D eigenvalue weighted by atomic mass is 10.0. The second-order valence-corrected chi connectivity index (χ2v) is 6.66. The number of halogens is 2. The molecule has 1 amide bonds. The molecule has 1 aromatic carbocycles. The fourth-order valence-corrected chi connectivity index (χ4v) is 3.75. The highest BCUT2D eigenvalue weighted by Gasteiger charge is 2.32. The number of rotatable bonds is 2. The van der Waals surface area contributed by atoms with Gasteiger partial charge in [-0.05, 0) is 46.5 Å². The van der Waals surface area contributed by atoms with Crippen LogP contribution >= 0.6 is 27.5 Å². The maximum atomic E-state index is 12.8. The first-order chi connectivity index (χ1) is 10.1. The smallest absolute Gasteiger partial charge is 0.271 e. The number of aromatic nitrogens is 1. The summed E-state index contributed by atoms with van der Waals surface area (Å²) >= 11 is 9.72. The van der Waals surface area contributed by atoms with E-state index in [2.05, 4.69) is 15.9 Å². The molecule has 1 saturated heterocycles. The van der Waals surface area contributed by atoms with Gasteiger partial charge in [0.15, 0.2) is 0 Å². The van der Waals surface area contributed by atoms with Crippen molar-refractivity contribution >= 4 is 33.4 Å². The lowest BCUT2D eigenvalue weighted by Gasteiger charge is -2.26. The van der Waals surface area contributed by atoms with Gasteiger partial charge in [-0.1, -0.05) is 29.8 Å². The van der Waals surface area contributed by atoms with Crippen LogP contribution in [0.25, 0.3) is 0 Å². The number of hydrogen-bond acceptors (Lipinski definition) is 1. The minimum absolute atomic E-state index is 0.0608. The second kappa shape index (κ2) is 5.85. The van der Waals surface area contributed by atoms with Gasteiger partial charge in [0.05, 0.1) is 6.04 Å². The molecule has 1 fully saturated rings. The number of benzene rings is 1. The fourth-order valence-electron chi connectivity index (χ4n) is 2.96. The summed E-state index contributed by atoms with van der Waals surface area (Å²) in [5.74, 6) is 0.0608. The molecule has 1 aromatic heterocycles. The molecule has 0 bridgehead atoms. The van der Waals surface area contributed by atoms with Crippen molar-refractivity contribution in [3.8, 4) is 0 Å². The van der Waals surface area contributed by atoms with Crippen LogP contribution in [-0.2, 0) is 7.05 Å².